The van der Waals surface area contributed by atoms with Gasteiger partial charge in [0, 0.05) is 16.4 Å². The van der Waals surface area contributed by atoms with E-state index in [1.807, 2.05) is 6.07 Å². The van der Waals surface area contributed by atoms with Crippen LogP contribution in [0.25, 0.3) is 0 Å². The van der Waals surface area contributed by atoms with Crippen LogP contribution in [0.15, 0.2) is 28.7 Å². The van der Waals surface area contributed by atoms with Crippen molar-refractivity contribution >= 4 is 15.9 Å². The first-order chi connectivity index (χ1) is 5.27. The number of nitrogens with two attached hydrogens (primary N) is 1. The van der Waals surface area contributed by atoms with Gasteiger partial charge in [-0.15, -0.1) is 0 Å². The van der Waals surface area contributed by atoms with Crippen molar-refractivity contribution < 1.29 is 0 Å². The largest absolute Gasteiger partial charge is 0.327 e. The van der Waals surface area contributed by atoms with Gasteiger partial charge in [0.1, 0.15) is 0 Å². The van der Waals surface area contributed by atoms with Crippen molar-refractivity contribution in [3.63, 3.8) is 0 Å². The molecular formula is C9H10BrN. The minimum absolute atomic E-state index is 0.407. The molecule has 2 rings (SSSR count). The van der Waals surface area contributed by atoms with Crippen molar-refractivity contribution in [1.29, 1.82) is 0 Å². The molecule has 0 saturated heterocycles. The third-order valence-electron chi connectivity index (χ3n) is 2.12. The van der Waals surface area contributed by atoms with E-state index in [1.165, 1.54) is 5.56 Å². The zero-order valence-electron chi connectivity index (χ0n) is 6.13. The molecule has 58 valence electrons. The Morgan fingerprint density at radius 2 is 2.18 bits per heavy atom. The summed E-state index contributed by atoms with van der Waals surface area (Å²) in [6.45, 7) is 0. The lowest BCUT2D eigenvalue weighted by atomic mass is 10.1. The molecule has 1 aromatic rings. The minimum atomic E-state index is 0.407. The molecule has 2 atom stereocenters. The van der Waals surface area contributed by atoms with Crippen LogP contribution in [0.1, 0.15) is 17.9 Å². The summed E-state index contributed by atoms with van der Waals surface area (Å²) in [5.74, 6) is 0.618. The Labute approximate surface area is 74.7 Å². The van der Waals surface area contributed by atoms with Crippen LogP contribution in [-0.2, 0) is 0 Å². The molecule has 0 unspecified atom stereocenters. The van der Waals surface area contributed by atoms with Crippen LogP contribution in [0.2, 0.25) is 0 Å². The van der Waals surface area contributed by atoms with Gasteiger partial charge >= 0.3 is 0 Å². The maximum absolute atomic E-state index is 5.73. The zero-order chi connectivity index (χ0) is 7.84. The molecule has 0 amide bonds. The molecule has 0 heterocycles. The first kappa shape index (κ1) is 7.32. The topological polar surface area (TPSA) is 26.0 Å². The predicted molar refractivity (Wildman–Crippen MR) is 49.5 cm³/mol. The molecule has 1 fully saturated rings. The highest BCUT2D eigenvalue weighted by atomic mass is 79.9. The molecule has 0 spiro atoms. The third kappa shape index (κ3) is 1.47. The molecule has 0 aromatic heterocycles. The number of hydrogen-bond acceptors (Lipinski definition) is 1. The standard InChI is InChI=1S/C9H10BrN/c10-7-3-1-2-6(4-7)8-5-9(8)11/h1-4,8-9H,5,11H2/t8-,9+/m1/s1. The maximum Gasteiger partial charge on any atom is 0.0178 e. The van der Waals surface area contributed by atoms with E-state index in [2.05, 4.69) is 34.1 Å². The van der Waals surface area contributed by atoms with E-state index in [0.29, 0.717) is 12.0 Å². The molecule has 1 saturated carbocycles. The molecule has 0 aliphatic heterocycles. The van der Waals surface area contributed by atoms with E-state index in [9.17, 15) is 0 Å². The second-order valence-electron chi connectivity index (χ2n) is 3.06. The fraction of sp³-hybridized carbons (Fsp3) is 0.333. The molecule has 1 aliphatic rings. The number of hydrogen-bond donors (Lipinski definition) is 1. The van der Waals surface area contributed by atoms with Crippen LogP contribution < -0.4 is 5.73 Å². The van der Waals surface area contributed by atoms with E-state index >= 15 is 0 Å². The summed E-state index contributed by atoms with van der Waals surface area (Å²) in [5.41, 5.74) is 7.10. The van der Waals surface area contributed by atoms with Crippen molar-refractivity contribution in [3.05, 3.63) is 34.3 Å². The van der Waals surface area contributed by atoms with Gasteiger partial charge in [-0.25, -0.2) is 0 Å². The monoisotopic (exact) mass is 211 g/mol. The molecule has 2 heteroatoms. The number of benzene rings is 1. The summed E-state index contributed by atoms with van der Waals surface area (Å²) in [5, 5.41) is 0. The van der Waals surface area contributed by atoms with E-state index in [0.717, 1.165) is 10.9 Å². The van der Waals surface area contributed by atoms with Gasteiger partial charge < -0.3 is 5.73 Å². The van der Waals surface area contributed by atoms with Gasteiger partial charge in [-0.05, 0) is 24.1 Å². The Balaban J connectivity index is 2.25. The van der Waals surface area contributed by atoms with Crippen LogP contribution in [0, 0.1) is 0 Å². The van der Waals surface area contributed by atoms with Crippen LogP contribution >= 0.6 is 15.9 Å². The first-order valence-corrected chi connectivity index (χ1v) is 4.58. The number of rotatable bonds is 1. The Bertz CT molecular complexity index is 272. The Morgan fingerprint density at radius 1 is 1.45 bits per heavy atom. The lowest BCUT2D eigenvalue weighted by Crippen LogP contribution is -2.00. The smallest absolute Gasteiger partial charge is 0.0178 e. The van der Waals surface area contributed by atoms with Gasteiger partial charge in [-0.3, -0.25) is 0 Å². The van der Waals surface area contributed by atoms with E-state index in [1.54, 1.807) is 0 Å². The van der Waals surface area contributed by atoms with E-state index in [-0.39, 0.29) is 0 Å². The zero-order valence-corrected chi connectivity index (χ0v) is 7.71. The molecule has 2 N–H and O–H groups in total. The second kappa shape index (κ2) is 2.61. The summed E-state index contributed by atoms with van der Waals surface area (Å²) in [7, 11) is 0. The minimum Gasteiger partial charge on any atom is -0.327 e. The maximum atomic E-state index is 5.73. The molecule has 1 aromatic carbocycles. The third-order valence-corrected chi connectivity index (χ3v) is 2.61. The summed E-state index contributed by atoms with van der Waals surface area (Å²) in [6, 6.07) is 8.80. The average Bonchev–Trinajstić information content (AvgIpc) is 2.67. The van der Waals surface area contributed by atoms with Gasteiger partial charge in [-0.2, -0.15) is 0 Å². The fourth-order valence-electron chi connectivity index (χ4n) is 1.34. The lowest BCUT2D eigenvalue weighted by molar-refractivity contribution is 0.989. The van der Waals surface area contributed by atoms with Crippen LogP contribution in [0.4, 0.5) is 0 Å². The van der Waals surface area contributed by atoms with Crippen molar-refractivity contribution in [1.82, 2.24) is 0 Å². The van der Waals surface area contributed by atoms with E-state index in [4.69, 9.17) is 5.73 Å². The van der Waals surface area contributed by atoms with Gasteiger partial charge in [0.25, 0.3) is 0 Å². The summed E-state index contributed by atoms with van der Waals surface area (Å²) in [6.07, 6.45) is 1.15. The Morgan fingerprint density at radius 3 is 2.73 bits per heavy atom. The van der Waals surface area contributed by atoms with Crippen molar-refractivity contribution in [2.45, 2.75) is 18.4 Å². The summed E-state index contributed by atoms with van der Waals surface area (Å²) < 4.78 is 1.15. The Hall–Kier alpha value is -0.340. The van der Waals surface area contributed by atoms with Gasteiger partial charge in [0.2, 0.25) is 0 Å². The van der Waals surface area contributed by atoms with Crippen LogP contribution in [-0.4, -0.2) is 6.04 Å². The average molecular weight is 212 g/mol. The molecule has 0 radical (unpaired) electrons. The Kier molecular flexibility index (Phi) is 1.74. The van der Waals surface area contributed by atoms with Gasteiger partial charge in [0.05, 0.1) is 0 Å². The molecule has 11 heavy (non-hydrogen) atoms. The highest BCUT2D eigenvalue weighted by Crippen LogP contribution is 2.39. The lowest BCUT2D eigenvalue weighted by Gasteiger charge is -1.97. The highest BCUT2D eigenvalue weighted by Gasteiger charge is 2.34. The summed E-state index contributed by atoms with van der Waals surface area (Å²) >= 11 is 3.44. The van der Waals surface area contributed by atoms with E-state index < -0.39 is 0 Å². The molecule has 1 nitrogen and oxygen atoms in total. The first-order valence-electron chi connectivity index (χ1n) is 3.78. The van der Waals surface area contributed by atoms with Crippen LogP contribution in [0.3, 0.4) is 0 Å². The SMILES string of the molecule is N[C@H]1C[C@@H]1c1cccc(Br)c1. The number of halogens is 1. The van der Waals surface area contributed by atoms with Crippen molar-refractivity contribution in [2.75, 3.05) is 0 Å². The van der Waals surface area contributed by atoms with Crippen molar-refractivity contribution in [3.8, 4) is 0 Å². The van der Waals surface area contributed by atoms with Gasteiger partial charge in [0.15, 0.2) is 0 Å². The predicted octanol–water partition coefficient (Wildman–Crippen LogP) is 2.26. The highest BCUT2D eigenvalue weighted by molar-refractivity contribution is 9.10. The molecule has 0 bridgehead atoms. The van der Waals surface area contributed by atoms with Gasteiger partial charge in [-0.1, -0.05) is 28.1 Å². The molecular weight excluding hydrogens is 202 g/mol. The molecule has 1 aliphatic carbocycles. The second-order valence-corrected chi connectivity index (χ2v) is 3.98. The normalized spacial score (nSPS) is 28.5. The van der Waals surface area contributed by atoms with Crippen molar-refractivity contribution in [2.24, 2.45) is 5.73 Å². The quantitative estimate of drug-likeness (QED) is 0.759. The van der Waals surface area contributed by atoms with Crippen LogP contribution in [0.5, 0.6) is 0 Å². The summed E-state index contributed by atoms with van der Waals surface area (Å²) in [4.78, 5) is 0. The fourth-order valence-corrected chi connectivity index (χ4v) is 1.75.